The summed E-state index contributed by atoms with van der Waals surface area (Å²) >= 11 is 0. The lowest BCUT2D eigenvalue weighted by molar-refractivity contribution is -0.191. The van der Waals surface area contributed by atoms with Gasteiger partial charge in [-0.2, -0.15) is 0 Å². The number of carboxylic acid groups (broad SMARTS) is 2. The van der Waals surface area contributed by atoms with Crippen molar-refractivity contribution in [3.8, 4) is 23.7 Å². The first-order valence-electron chi connectivity index (χ1n) is 30.0. The minimum absolute atomic E-state index is 0.304. The van der Waals surface area contributed by atoms with E-state index in [-0.39, 0.29) is 13.2 Å². The molecule has 6 aliphatic rings. The van der Waals surface area contributed by atoms with E-state index in [9.17, 15) is 33.6 Å². The third-order valence-corrected chi connectivity index (χ3v) is 16.8. The van der Waals surface area contributed by atoms with E-state index in [0.29, 0.717) is 59.1 Å². The number of Topliss-reactive ketones (excluding diaryl/α,β-unsaturated/α-hetero) is 2. The summed E-state index contributed by atoms with van der Waals surface area (Å²) in [7, 11) is 5.72. The van der Waals surface area contributed by atoms with Crippen molar-refractivity contribution in [2.75, 3.05) is 107 Å². The number of hydrogen-bond acceptors (Lipinski definition) is 17. The summed E-state index contributed by atoms with van der Waals surface area (Å²) < 4.78 is 32.6. The number of hydrogen-bond donors (Lipinski definition) is 5. The molecule has 484 valence electrons. The molecule has 0 saturated carbocycles. The van der Waals surface area contributed by atoms with Gasteiger partial charge in [0.25, 0.3) is 23.6 Å². The number of rotatable bonds is 17. The standard InChI is InChI=1S/C33H39N3O6.C28H30N2O6.C5H9NO.C2H2O4/c1-32(31(39)34-2,28(37)19-42-29-6-4-5-17-41-29)35(3)30(38)27-15-13-25(14-16-27)8-7-24-9-11-26(12-10-24)18-36-20-33(21-36)22-40-23-33;1-28(27(34)29-2,24(32)19-36-25-6-4-5-17-35-25)30(3)26(33)23-15-13-21(14-16-23)8-7-20-9-11-22(18-31)12-10-20;1-5(2-6-1)3-7-4-5;3-1(4)2(5)6/h9-16,29H,4-6,17-23H2,1-3H3,(H,34,39);9-16,18,25H,4-6,17,19H2,1-3H3,(H,29,34);6H,1-4H2;(H,3,4)(H,5,6)/t29?,32-;25?,28-;;/m11../s1. The highest BCUT2D eigenvalue weighted by Gasteiger charge is 2.50. The minimum Gasteiger partial charge on any atom is -0.473 e. The third kappa shape index (κ3) is 18.4. The van der Waals surface area contributed by atoms with Crippen molar-refractivity contribution in [3.05, 3.63) is 142 Å². The van der Waals surface area contributed by atoms with E-state index in [1.165, 1.54) is 65.6 Å². The van der Waals surface area contributed by atoms with Crippen LogP contribution >= 0.6 is 0 Å². The minimum atomic E-state index is -1.82. The predicted molar refractivity (Wildman–Crippen MR) is 331 cm³/mol. The molecule has 0 bridgehead atoms. The van der Waals surface area contributed by atoms with Crippen molar-refractivity contribution in [3.63, 3.8) is 0 Å². The number of nitrogens with one attached hydrogen (secondary N) is 3. The summed E-state index contributed by atoms with van der Waals surface area (Å²) in [5, 5.41) is 23.0. The Morgan fingerprint density at radius 3 is 1.25 bits per heavy atom. The fourth-order valence-corrected chi connectivity index (χ4v) is 10.5. The van der Waals surface area contributed by atoms with Crippen LogP contribution < -0.4 is 16.0 Å². The molecule has 2 spiro atoms. The number of carbonyl (C=O) groups excluding carboxylic acids is 7. The number of aldehydes is 1. The quantitative estimate of drug-likeness (QED) is 0.0433. The van der Waals surface area contributed by atoms with E-state index >= 15 is 0 Å². The summed E-state index contributed by atoms with van der Waals surface area (Å²) in [5.41, 5.74) is 3.07. The zero-order valence-electron chi connectivity index (χ0n) is 52.3. The van der Waals surface area contributed by atoms with Crippen LogP contribution in [0, 0.1) is 34.5 Å². The number of likely N-dealkylation sites (N-methyl/N-ethyl adjacent to an activating group) is 4. The zero-order valence-corrected chi connectivity index (χ0v) is 52.3. The highest BCUT2D eigenvalue weighted by molar-refractivity contribution is 6.27. The van der Waals surface area contributed by atoms with Crippen molar-refractivity contribution >= 4 is 53.4 Å². The Labute approximate surface area is 529 Å². The lowest BCUT2D eigenvalue weighted by Crippen LogP contribution is -2.65. The van der Waals surface area contributed by atoms with Gasteiger partial charge in [-0.05, 0) is 131 Å². The van der Waals surface area contributed by atoms with E-state index in [1.54, 1.807) is 72.8 Å². The number of likely N-dealkylation sites (tertiary alicyclic amines) is 1. The molecule has 6 aliphatic heterocycles. The molecule has 10 rings (SSSR count). The normalized spacial score (nSPS) is 19.2. The highest BCUT2D eigenvalue weighted by atomic mass is 16.7. The van der Waals surface area contributed by atoms with Gasteiger partial charge in [0.05, 0.1) is 26.4 Å². The second-order valence-electron chi connectivity index (χ2n) is 23.5. The fourth-order valence-electron chi connectivity index (χ4n) is 10.5. The Hall–Kier alpha value is -8.49. The van der Waals surface area contributed by atoms with Gasteiger partial charge < -0.3 is 64.4 Å². The van der Waals surface area contributed by atoms with Crippen LogP contribution in [0.5, 0.6) is 0 Å². The average Bonchev–Trinajstić information content (AvgIpc) is 0.837. The molecule has 6 fully saturated rings. The van der Waals surface area contributed by atoms with Crippen LogP contribution in [0.25, 0.3) is 0 Å². The SMILES string of the molecule is C1NCC12COC2.CNC(=O)[C@@](C)(C(=O)COC1CCCCO1)N(C)C(=O)c1ccc(C#Cc2ccc(C=O)cc2)cc1.CNC(=O)[C@@](C)(C(=O)COC1CCCCO1)N(C)C(=O)c1ccc(C#Cc2ccc(CN3CC4(COC4)C3)cc2)cc1.O=C(O)C(=O)O. The van der Waals surface area contributed by atoms with Crippen molar-refractivity contribution < 1.29 is 81.8 Å². The fraction of sp³-hybridized carbons (Fsp3) is 0.456. The molecule has 6 heterocycles. The summed E-state index contributed by atoms with van der Waals surface area (Å²) in [5.74, 6) is 5.45. The second kappa shape index (κ2) is 32.5. The van der Waals surface area contributed by atoms with Gasteiger partial charge in [-0.15, -0.1) is 0 Å². The number of carboxylic acids is 2. The first-order valence-corrected chi connectivity index (χ1v) is 30.0. The van der Waals surface area contributed by atoms with Crippen LogP contribution in [0.4, 0.5) is 0 Å². The van der Waals surface area contributed by atoms with Gasteiger partial charge in [0.1, 0.15) is 19.5 Å². The lowest BCUT2D eigenvalue weighted by Gasteiger charge is -2.55. The molecule has 23 heteroatoms. The molecule has 4 aromatic carbocycles. The highest BCUT2D eigenvalue weighted by Crippen LogP contribution is 2.38. The number of ketones is 2. The molecule has 23 nitrogen and oxygen atoms in total. The molecular formula is C68H80N6O17. The number of carbonyl (C=O) groups is 9. The number of ether oxygens (including phenoxy) is 6. The Balaban J connectivity index is 0.000000216. The number of aliphatic carboxylic acids is 2. The molecule has 5 N–H and O–H groups in total. The Kier molecular flexibility index (Phi) is 25.0. The molecular weight excluding hydrogens is 1170 g/mol. The molecule has 4 amide bonds. The first kappa shape index (κ1) is 70.0. The van der Waals surface area contributed by atoms with Crippen molar-refractivity contribution in [2.24, 2.45) is 10.8 Å². The topological polar surface area (TPSA) is 295 Å². The average molecular weight is 1250 g/mol. The molecule has 4 aromatic rings. The maximum absolute atomic E-state index is 13.4. The van der Waals surface area contributed by atoms with Gasteiger partial charge in [0, 0.05) is 124 Å². The summed E-state index contributed by atoms with van der Waals surface area (Å²) in [6.45, 7) is 12.6. The molecule has 4 atom stereocenters. The second-order valence-corrected chi connectivity index (χ2v) is 23.5. The van der Waals surface area contributed by atoms with Crippen LogP contribution in [0.1, 0.15) is 111 Å². The van der Waals surface area contributed by atoms with Gasteiger partial charge in [0.2, 0.25) is 0 Å². The van der Waals surface area contributed by atoms with Crippen LogP contribution in [-0.2, 0) is 63.7 Å². The summed E-state index contributed by atoms with van der Waals surface area (Å²) in [4.78, 5) is 112. The van der Waals surface area contributed by atoms with Crippen molar-refractivity contribution in [2.45, 2.75) is 82.6 Å². The van der Waals surface area contributed by atoms with Crippen molar-refractivity contribution in [1.29, 1.82) is 0 Å². The van der Waals surface area contributed by atoms with Gasteiger partial charge in [-0.1, -0.05) is 47.9 Å². The number of amides is 4. The molecule has 0 aliphatic carbocycles. The maximum Gasteiger partial charge on any atom is 0.414 e. The van der Waals surface area contributed by atoms with Gasteiger partial charge in [-0.25, -0.2) is 9.59 Å². The van der Waals surface area contributed by atoms with Crippen LogP contribution in [-0.4, -0.2) is 209 Å². The largest absolute Gasteiger partial charge is 0.473 e. The van der Waals surface area contributed by atoms with Crippen molar-refractivity contribution in [1.82, 2.24) is 30.7 Å². The van der Waals surface area contributed by atoms with Gasteiger partial charge in [0.15, 0.2) is 35.2 Å². The molecule has 0 aromatic heterocycles. The van der Waals surface area contributed by atoms with Crippen LogP contribution in [0.15, 0.2) is 97.1 Å². The van der Waals surface area contributed by atoms with E-state index in [2.05, 4.69) is 56.7 Å². The Bertz CT molecular complexity index is 3310. The lowest BCUT2D eigenvalue weighted by atomic mass is 9.78. The zero-order chi connectivity index (χ0) is 65.8. The summed E-state index contributed by atoms with van der Waals surface area (Å²) in [6, 6.07) is 28.6. The molecule has 91 heavy (non-hydrogen) atoms. The van der Waals surface area contributed by atoms with Gasteiger partial charge in [-0.3, -0.25) is 38.5 Å². The number of nitrogens with zero attached hydrogens (tertiary/aromatic N) is 3. The Morgan fingerprint density at radius 2 is 0.967 bits per heavy atom. The first-order chi connectivity index (χ1) is 43.6. The van der Waals surface area contributed by atoms with Crippen LogP contribution in [0.3, 0.4) is 0 Å². The van der Waals surface area contributed by atoms with E-state index in [1.807, 2.05) is 12.1 Å². The third-order valence-electron chi connectivity index (χ3n) is 16.8. The molecule has 0 radical (unpaired) electrons. The monoisotopic (exact) mass is 1250 g/mol. The smallest absolute Gasteiger partial charge is 0.414 e. The summed E-state index contributed by atoms with van der Waals surface area (Å²) in [6.07, 6.45) is 4.95. The Morgan fingerprint density at radius 1 is 0.593 bits per heavy atom. The van der Waals surface area contributed by atoms with E-state index < -0.39 is 70.8 Å². The van der Waals surface area contributed by atoms with E-state index in [4.69, 9.17) is 48.2 Å². The maximum atomic E-state index is 13.4. The van der Waals surface area contributed by atoms with Crippen LogP contribution in [0.2, 0.25) is 0 Å². The van der Waals surface area contributed by atoms with E-state index in [0.717, 1.165) is 99.6 Å². The molecule has 6 saturated heterocycles. The number of benzene rings is 4. The molecule has 2 unspecified atom stereocenters. The van der Waals surface area contributed by atoms with Gasteiger partial charge >= 0.3 is 11.9 Å². The predicted octanol–water partition coefficient (Wildman–Crippen LogP) is 3.96.